The number of hydrogen-bond donors (Lipinski definition) is 1. The van der Waals surface area contributed by atoms with Crippen LogP contribution in [0.25, 0.3) is 0 Å². The van der Waals surface area contributed by atoms with E-state index in [0.717, 1.165) is 31.6 Å². The molecule has 6 nitrogen and oxygen atoms in total. The molecule has 1 aromatic rings. The molecule has 0 aliphatic carbocycles. The zero-order valence-corrected chi connectivity index (χ0v) is 12.4. The quantitative estimate of drug-likeness (QED) is 0.683. The molecule has 6 heteroatoms. The van der Waals surface area contributed by atoms with Gasteiger partial charge in [0.15, 0.2) is 0 Å². The zero-order valence-electron chi connectivity index (χ0n) is 12.4. The van der Waals surface area contributed by atoms with E-state index in [1.165, 1.54) is 19.3 Å². The Morgan fingerprint density at radius 1 is 1.43 bits per heavy atom. The van der Waals surface area contributed by atoms with Crippen molar-refractivity contribution in [2.45, 2.75) is 38.6 Å². The van der Waals surface area contributed by atoms with Gasteiger partial charge in [0.25, 0.3) is 0 Å². The molecule has 2 unspecified atom stereocenters. The maximum absolute atomic E-state index is 11.3. The molecular formula is C15H22N4O2. The molecular weight excluding hydrogens is 268 g/mol. The minimum Gasteiger partial charge on any atom is -0.351 e. The second-order valence-electron chi connectivity index (χ2n) is 6.16. The highest BCUT2D eigenvalue weighted by Gasteiger charge is 2.32. The molecule has 114 valence electrons. The van der Waals surface area contributed by atoms with Crippen molar-refractivity contribution in [1.29, 1.82) is 0 Å². The van der Waals surface area contributed by atoms with Crippen molar-refractivity contribution in [2.24, 2.45) is 5.92 Å². The molecule has 3 heterocycles. The Bertz CT molecular complexity index is 528. The van der Waals surface area contributed by atoms with Crippen molar-refractivity contribution in [2.75, 3.05) is 24.5 Å². The number of pyridine rings is 1. The van der Waals surface area contributed by atoms with Crippen molar-refractivity contribution in [3.8, 4) is 0 Å². The number of anilines is 1. The largest absolute Gasteiger partial charge is 0.351 e. The van der Waals surface area contributed by atoms with Gasteiger partial charge in [-0.15, -0.1) is 0 Å². The third-order valence-electron chi connectivity index (χ3n) is 4.61. The molecule has 0 radical (unpaired) electrons. The topological polar surface area (TPSA) is 71.3 Å². The van der Waals surface area contributed by atoms with E-state index in [1.807, 2.05) is 6.92 Å². The number of piperidine rings is 1. The predicted molar refractivity (Wildman–Crippen MR) is 81.6 cm³/mol. The summed E-state index contributed by atoms with van der Waals surface area (Å²) < 4.78 is 0. The average Bonchev–Trinajstić information content (AvgIpc) is 3.01. The number of nitrogens with one attached hydrogen (secondary N) is 1. The van der Waals surface area contributed by atoms with Gasteiger partial charge >= 0.3 is 5.69 Å². The van der Waals surface area contributed by atoms with Gasteiger partial charge in [-0.25, -0.2) is 4.98 Å². The molecule has 0 bridgehead atoms. The summed E-state index contributed by atoms with van der Waals surface area (Å²) in [6.07, 6.45) is 6.47. The van der Waals surface area contributed by atoms with Crippen LogP contribution < -0.4 is 10.2 Å². The van der Waals surface area contributed by atoms with E-state index in [9.17, 15) is 10.1 Å². The molecule has 21 heavy (non-hydrogen) atoms. The summed E-state index contributed by atoms with van der Waals surface area (Å²) in [5, 5.41) is 14.8. The maximum atomic E-state index is 11.3. The molecule has 2 aliphatic rings. The molecule has 0 saturated carbocycles. The number of aromatic nitrogens is 1. The van der Waals surface area contributed by atoms with Crippen LogP contribution in [-0.4, -0.2) is 35.6 Å². The molecule has 2 fully saturated rings. The van der Waals surface area contributed by atoms with Crippen LogP contribution in [0.1, 0.15) is 31.2 Å². The lowest BCUT2D eigenvalue weighted by Crippen LogP contribution is -2.44. The predicted octanol–water partition coefficient (Wildman–Crippen LogP) is 2.27. The Morgan fingerprint density at radius 3 is 3.00 bits per heavy atom. The SMILES string of the molecule is Cc1cnc(N2CCCC(C3CCCN3)C2)c([N+](=O)[O-])c1. The fourth-order valence-electron chi connectivity index (χ4n) is 3.57. The maximum Gasteiger partial charge on any atom is 0.311 e. The molecule has 0 aromatic carbocycles. The minimum absolute atomic E-state index is 0.134. The monoisotopic (exact) mass is 290 g/mol. The first-order valence-electron chi connectivity index (χ1n) is 7.74. The fourth-order valence-corrected chi connectivity index (χ4v) is 3.57. The zero-order chi connectivity index (χ0) is 14.8. The Balaban J connectivity index is 1.81. The number of nitrogens with zero attached hydrogens (tertiary/aromatic N) is 3. The molecule has 3 rings (SSSR count). The van der Waals surface area contributed by atoms with E-state index in [-0.39, 0.29) is 10.6 Å². The smallest absolute Gasteiger partial charge is 0.311 e. The van der Waals surface area contributed by atoms with Crippen molar-refractivity contribution in [1.82, 2.24) is 10.3 Å². The van der Waals surface area contributed by atoms with Gasteiger partial charge in [-0.3, -0.25) is 10.1 Å². The van der Waals surface area contributed by atoms with Crippen LogP contribution in [0.4, 0.5) is 11.5 Å². The molecule has 2 atom stereocenters. The number of rotatable bonds is 3. The minimum atomic E-state index is -0.313. The summed E-state index contributed by atoms with van der Waals surface area (Å²) in [6.45, 7) is 4.67. The summed E-state index contributed by atoms with van der Waals surface area (Å²) in [7, 11) is 0. The Kier molecular flexibility index (Phi) is 4.05. The van der Waals surface area contributed by atoms with Gasteiger partial charge in [-0.05, 0) is 50.6 Å². The van der Waals surface area contributed by atoms with E-state index < -0.39 is 0 Å². The first-order valence-corrected chi connectivity index (χ1v) is 7.74. The number of hydrogen-bond acceptors (Lipinski definition) is 5. The van der Waals surface area contributed by atoms with Gasteiger partial charge in [0, 0.05) is 31.4 Å². The lowest BCUT2D eigenvalue weighted by Gasteiger charge is -2.36. The van der Waals surface area contributed by atoms with Crippen molar-refractivity contribution < 1.29 is 4.92 Å². The lowest BCUT2D eigenvalue weighted by molar-refractivity contribution is -0.384. The lowest BCUT2D eigenvalue weighted by atomic mass is 9.89. The Hall–Kier alpha value is -1.69. The number of aryl methyl sites for hydroxylation is 1. The van der Waals surface area contributed by atoms with Gasteiger partial charge < -0.3 is 10.2 Å². The summed E-state index contributed by atoms with van der Waals surface area (Å²) in [5.41, 5.74) is 0.964. The van der Waals surface area contributed by atoms with Crippen LogP contribution in [0, 0.1) is 23.0 Å². The first-order chi connectivity index (χ1) is 10.1. The highest BCUT2D eigenvalue weighted by Crippen LogP contribution is 2.32. The van der Waals surface area contributed by atoms with Crippen LogP contribution in [0.15, 0.2) is 12.3 Å². The van der Waals surface area contributed by atoms with E-state index >= 15 is 0 Å². The molecule has 0 amide bonds. The van der Waals surface area contributed by atoms with Gasteiger partial charge in [0.05, 0.1) is 4.92 Å². The van der Waals surface area contributed by atoms with Crippen LogP contribution in [0.3, 0.4) is 0 Å². The fraction of sp³-hybridized carbons (Fsp3) is 0.667. The molecule has 0 spiro atoms. The molecule has 2 saturated heterocycles. The van der Waals surface area contributed by atoms with E-state index in [0.29, 0.717) is 17.8 Å². The standard InChI is InChI=1S/C15H22N4O2/c1-11-8-14(19(20)21)15(17-9-11)18-7-3-4-12(10-18)13-5-2-6-16-13/h8-9,12-13,16H,2-7,10H2,1H3. The van der Waals surface area contributed by atoms with Crippen molar-refractivity contribution in [3.63, 3.8) is 0 Å². The van der Waals surface area contributed by atoms with E-state index in [2.05, 4.69) is 15.2 Å². The van der Waals surface area contributed by atoms with E-state index in [1.54, 1.807) is 12.3 Å². The summed E-state index contributed by atoms with van der Waals surface area (Å²) in [5.74, 6) is 1.11. The van der Waals surface area contributed by atoms with Crippen LogP contribution >= 0.6 is 0 Å². The average molecular weight is 290 g/mol. The second-order valence-corrected chi connectivity index (χ2v) is 6.16. The highest BCUT2D eigenvalue weighted by molar-refractivity contribution is 5.58. The molecule has 1 N–H and O–H groups in total. The highest BCUT2D eigenvalue weighted by atomic mass is 16.6. The van der Waals surface area contributed by atoms with Gasteiger partial charge in [0.2, 0.25) is 5.82 Å². The second kappa shape index (κ2) is 5.97. The Morgan fingerprint density at radius 2 is 2.29 bits per heavy atom. The summed E-state index contributed by atoms with van der Waals surface area (Å²) in [4.78, 5) is 17.4. The molecule has 1 aromatic heterocycles. The van der Waals surface area contributed by atoms with Crippen LogP contribution in [0.5, 0.6) is 0 Å². The third kappa shape index (κ3) is 3.00. The van der Waals surface area contributed by atoms with Crippen LogP contribution in [0.2, 0.25) is 0 Å². The number of nitro groups is 1. The Labute approximate surface area is 124 Å². The van der Waals surface area contributed by atoms with Crippen molar-refractivity contribution in [3.05, 3.63) is 27.9 Å². The van der Waals surface area contributed by atoms with Gasteiger partial charge in [0.1, 0.15) is 0 Å². The molecule has 2 aliphatic heterocycles. The van der Waals surface area contributed by atoms with Crippen LogP contribution in [-0.2, 0) is 0 Å². The summed E-state index contributed by atoms with van der Waals surface area (Å²) >= 11 is 0. The van der Waals surface area contributed by atoms with Gasteiger partial charge in [-0.2, -0.15) is 0 Å². The first kappa shape index (κ1) is 14.3. The third-order valence-corrected chi connectivity index (χ3v) is 4.61. The van der Waals surface area contributed by atoms with E-state index in [4.69, 9.17) is 0 Å². The van der Waals surface area contributed by atoms with Crippen molar-refractivity contribution >= 4 is 11.5 Å². The van der Waals surface area contributed by atoms with Gasteiger partial charge in [-0.1, -0.05) is 0 Å². The summed E-state index contributed by atoms with van der Waals surface area (Å²) in [6, 6.07) is 2.19. The normalized spacial score (nSPS) is 26.0.